The Balaban J connectivity index is 1.63. The van der Waals surface area contributed by atoms with Gasteiger partial charge in [0, 0.05) is 43.9 Å². The Morgan fingerprint density at radius 1 is 1.17 bits per heavy atom. The van der Waals surface area contributed by atoms with E-state index in [1.807, 2.05) is 12.1 Å². The number of Topliss-reactive ketones (excluding diaryl/α,β-unsaturated/α-hetero) is 1. The highest BCUT2D eigenvalue weighted by atomic mass is 16.3. The first kappa shape index (κ1) is 17.4. The predicted octanol–water partition coefficient (Wildman–Crippen LogP) is 2.20. The SMILES string of the molecule is CC(=O)c1ccc(N2C[C@@H](CN3CCCCCC3)[C@@H](CO)C2)nc1. The van der Waals surface area contributed by atoms with Crippen LogP contribution in [0.25, 0.3) is 0 Å². The molecule has 132 valence electrons. The van der Waals surface area contributed by atoms with Gasteiger partial charge in [0.1, 0.15) is 5.82 Å². The van der Waals surface area contributed by atoms with Crippen LogP contribution in [0.4, 0.5) is 5.82 Å². The van der Waals surface area contributed by atoms with E-state index in [1.165, 1.54) is 38.8 Å². The van der Waals surface area contributed by atoms with E-state index < -0.39 is 0 Å². The zero-order valence-electron chi connectivity index (χ0n) is 14.7. The first-order chi connectivity index (χ1) is 11.7. The van der Waals surface area contributed by atoms with Crippen LogP contribution in [0.3, 0.4) is 0 Å². The fraction of sp³-hybridized carbons (Fsp3) is 0.684. The van der Waals surface area contributed by atoms with Crippen molar-refractivity contribution in [3.8, 4) is 0 Å². The molecule has 3 heterocycles. The van der Waals surface area contributed by atoms with Gasteiger partial charge in [0.15, 0.2) is 5.78 Å². The van der Waals surface area contributed by atoms with Crippen molar-refractivity contribution in [2.45, 2.75) is 32.6 Å². The second kappa shape index (κ2) is 8.08. The molecule has 0 aromatic carbocycles. The molecule has 5 heteroatoms. The zero-order chi connectivity index (χ0) is 16.9. The van der Waals surface area contributed by atoms with E-state index in [2.05, 4.69) is 14.8 Å². The fourth-order valence-corrected chi connectivity index (χ4v) is 3.97. The van der Waals surface area contributed by atoms with Gasteiger partial charge in [-0.25, -0.2) is 4.98 Å². The van der Waals surface area contributed by atoms with Gasteiger partial charge in [-0.2, -0.15) is 0 Å². The van der Waals surface area contributed by atoms with E-state index >= 15 is 0 Å². The highest BCUT2D eigenvalue weighted by molar-refractivity contribution is 5.93. The predicted molar refractivity (Wildman–Crippen MR) is 95.4 cm³/mol. The number of aliphatic hydroxyl groups excluding tert-OH is 1. The molecule has 2 saturated heterocycles. The van der Waals surface area contributed by atoms with Crippen LogP contribution in [0.2, 0.25) is 0 Å². The van der Waals surface area contributed by atoms with E-state index in [4.69, 9.17) is 0 Å². The molecule has 2 atom stereocenters. The van der Waals surface area contributed by atoms with Crippen LogP contribution in [-0.4, -0.2) is 60.1 Å². The number of hydrogen-bond donors (Lipinski definition) is 1. The molecule has 2 aliphatic rings. The molecule has 1 aromatic rings. The third-order valence-electron chi connectivity index (χ3n) is 5.48. The molecule has 0 aliphatic carbocycles. The number of aliphatic hydroxyl groups is 1. The number of likely N-dealkylation sites (tertiary alicyclic amines) is 1. The Kier molecular flexibility index (Phi) is 5.85. The number of aromatic nitrogens is 1. The minimum absolute atomic E-state index is 0.0442. The van der Waals surface area contributed by atoms with Crippen molar-refractivity contribution >= 4 is 11.6 Å². The summed E-state index contributed by atoms with van der Waals surface area (Å²) in [5.41, 5.74) is 0.651. The largest absolute Gasteiger partial charge is 0.396 e. The second-order valence-electron chi connectivity index (χ2n) is 7.28. The van der Waals surface area contributed by atoms with E-state index in [0.29, 0.717) is 17.4 Å². The Morgan fingerprint density at radius 3 is 2.46 bits per heavy atom. The number of pyridine rings is 1. The number of nitrogens with zero attached hydrogens (tertiary/aromatic N) is 3. The maximum absolute atomic E-state index is 11.4. The Bertz CT molecular complexity index is 538. The third-order valence-corrected chi connectivity index (χ3v) is 5.48. The molecule has 0 amide bonds. The van der Waals surface area contributed by atoms with E-state index in [0.717, 1.165) is 25.5 Å². The molecule has 0 radical (unpaired) electrons. The summed E-state index contributed by atoms with van der Waals surface area (Å²) in [5, 5.41) is 9.79. The first-order valence-electron chi connectivity index (χ1n) is 9.22. The van der Waals surface area contributed by atoms with Crippen molar-refractivity contribution in [1.29, 1.82) is 0 Å². The number of hydrogen-bond acceptors (Lipinski definition) is 5. The summed E-state index contributed by atoms with van der Waals surface area (Å²) in [6, 6.07) is 3.78. The number of anilines is 1. The lowest BCUT2D eigenvalue weighted by Crippen LogP contribution is -2.34. The van der Waals surface area contributed by atoms with Crippen molar-refractivity contribution in [3.05, 3.63) is 23.9 Å². The van der Waals surface area contributed by atoms with Gasteiger partial charge in [-0.1, -0.05) is 12.8 Å². The molecule has 2 fully saturated rings. The monoisotopic (exact) mass is 331 g/mol. The van der Waals surface area contributed by atoms with E-state index in [1.54, 1.807) is 13.1 Å². The van der Waals surface area contributed by atoms with Gasteiger partial charge >= 0.3 is 0 Å². The summed E-state index contributed by atoms with van der Waals surface area (Å²) in [5.74, 6) is 1.75. The number of rotatable bonds is 5. The molecule has 0 bridgehead atoms. The molecule has 24 heavy (non-hydrogen) atoms. The Morgan fingerprint density at radius 2 is 1.88 bits per heavy atom. The number of carbonyl (C=O) groups excluding carboxylic acids is 1. The summed E-state index contributed by atoms with van der Waals surface area (Å²) >= 11 is 0. The van der Waals surface area contributed by atoms with Gasteiger partial charge in [-0.3, -0.25) is 4.79 Å². The molecule has 0 spiro atoms. The van der Waals surface area contributed by atoms with Crippen LogP contribution in [0.5, 0.6) is 0 Å². The Labute approximate surface area is 144 Å². The lowest BCUT2D eigenvalue weighted by atomic mass is 9.96. The fourth-order valence-electron chi connectivity index (χ4n) is 3.97. The average Bonchev–Trinajstić information content (AvgIpc) is 2.82. The summed E-state index contributed by atoms with van der Waals surface area (Å²) in [7, 11) is 0. The van der Waals surface area contributed by atoms with Crippen LogP contribution in [-0.2, 0) is 0 Å². The molecule has 1 aromatic heterocycles. The molecular formula is C19H29N3O2. The van der Waals surface area contributed by atoms with Crippen LogP contribution >= 0.6 is 0 Å². The highest BCUT2D eigenvalue weighted by Gasteiger charge is 2.34. The van der Waals surface area contributed by atoms with Gasteiger partial charge in [0.2, 0.25) is 0 Å². The van der Waals surface area contributed by atoms with Gasteiger partial charge < -0.3 is 14.9 Å². The lowest BCUT2D eigenvalue weighted by Gasteiger charge is -2.26. The first-order valence-corrected chi connectivity index (χ1v) is 9.22. The molecule has 5 nitrogen and oxygen atoms in total. The molecule has 1 N–H and O–H groups in total. The average molecular weight is 331 g/mol. The van der Waals surface area contributed by atoms with Gasteiger partial charge in [0.25, 0.3) is 0 Å². The molecule has 3 rings (SSSR count). The highest BCUT2D eigenvalue weighted by Crippen LogP contribution is 2.28. The van der Waals surface area contributed by atoms with Gasteiger partial charge in [-0.15, -0.1) is 0 Å². The van der Waals surface area contributed by atoms with Crippen molar-refractivity contribution in [1.82, 2.24) is 9.88 Å². The summed E-state index contributed by atoms with van der Waals surface area (Å²) in [4.78, 5) is 20.7. The lowest BCUT2D eigenvalue weighted by molar-refractivity contribution is 0.101. The van der Waals surface area contributed by atoms with Crippen LogP contribution in [0.1, 0.15) is 43.0 Å². The van der Waals surface area contributed by atoms with Crippen LogP contribution in [0.15, 0.2) is 18.3 Å². The molecule has 0 unspecified atom stereocenters. The van der Waals surface area contributed by atoms with Crippen LogP contribution in [0, 0.1) is 11.8 Å². The quantitative estimate of drug-likeness (QED) is 0.838. The molecule has 2 aliphatic heterocycles. The maximum Gasteiger partial charge on any atom is 0.161 e. The number of carbonyl (C=O) groups is 1. The second-order valence-corrected chi connectivity index (χ2v) is 7.28. The van der Waals surface area contributed by atoms with Crippen molar-refractivity contribution in [2.75, 3.05) is 44.2 Å². The standard InChI is InChI=1S/C19H29N3O2/c1-15(24)16-6-7-19(20-10-16)22-12-17(18(13-22)14-23)11-21-8-4-2-3-5-9-21/h6-7,10,17-18,23H,2-5,8-9,11-14H2,1H3/t17-,18-/m1/s1. The van der Waals surface area contributed by atoms with Crippen molar-refractivity contribution < 1.29 is 9.90 Å². The normalized spacial score (nSPS) is 25.7. The van der Waals surface area contributed by atoms with Crippen LogP contribution < -0.4 is 4.90 Å². The summed E-state index contributed by atoms with van der Waals surface area (Å²) in [6.45, 7) is 7.05. The van der Waals surface area contributed by atoms with Gasteiger partial charge in [-0.05, 0) is 50.9 Å². The van der Waals surface area contributed by atoms with E-state index in [-0.39, 0.29) is 12.4 Å². The van der Waals surface area contributed by atoms with Crippen molar-refractivity contribution in [2.24, 2.45) is 11.8 Å². The summed E-state index contributed by atoms with van der Waals surface area (Å²) in [6.07, 6.45) is 6.96. The third kappa shape index (κ3) is 4.14. The minimum Gasteiger partial charge on any atom is -0.396 e. The minimum atomic E-state index is 0.0442. The smallest absolute Gasteiger partial charge is 0.161 e. The van der Waals surface area contributed by atoms with Crippen molar-refractivity contribution in [3.63, 3.8) is 0 Å². The Hall–Kier alpha value is -1.46. The topological polar surface area (TPSA) is 56.7 Å². The molecule has 0 saturated carbocycles. The molecular weight excluding hydrogens is 302 g/mol. The number of ketones is 1. The summed E-state index contributed by atoms with van der Waals surface area (Å²) < 4.78 is 0. The van der Waals surface area contributed by atoms with E-state index in [9.17, 15) is 9.90 Å². The van der Waals surface area contributed by atoms with Gasteiger partial charge in [0.05, 0.1) is 0 Å². The maximum atomic E-state index is 11.4. The zero-order valence-corrected chi connectivity index (χ0v) is 14.7.